The van der Waals surface area contributed by atoms with Crippen LogP contribution in [0.1, 0.15) is 51.2 Å². The van der Waals surface area contributed by atoms with E-state index in [0.29, 0.717) is 5.92 Å². The molecule has 3 atom stereocenters. The van der Waals surface area contributed by atoms with E-state index in [0.717, 1.165) is 43.5 Å². The van der Waals surface area contributed by atoms with Gasteiger partial charge in [-0.2, -0.15) is 5.26 Å². The van der Waals surface area contributed by atoms with Gasteiger partial charge in [-0.1, -0.05) is 104 Å². The normalized spacial score (nSPS) is 21.3. The van der Waals surface area contributed by atoms with Gasteiger partial charge in [0.15, 0.2) is 0 Å². The van der Waals surface area contributed by atoms with Crippen LogP contribution in [0, 0.1) is 17.2 Å². The zero-order valence-corrected chi connectivity index (χ0v) is 18.7. The first-order valence-corrected chi connectivity index (χ1v) is 11.4. The summed E-state index contributed by atoms with van der Waals surface area (Å²) in [6.45, 7) is 6.80. The van der Waals surface area contributed by atoms with Gasteiger partial charge < -0.3 is 0 Å². The van der Waals surface area contributed by atoms with Gasteiger partial charge in [0, 0.05) is 20.1 Å². The highest BCUT2D eigenvalue weighted by Crippen LogP contribution is 2.45. The summed E-state index contributed by atoms with van der Waals surface area (Å²) in [7, 11) is 0. The van der Waals surface area contributed by atoms with E-state index in [4.69, 9.17) is 0 Å². The van der Waals surface area contributed by atoms with Gasteiger partial charge in [-0.25, -0.2) is 0 Å². The van der Waals surface area contributed by atoms with E-state index in [2.05, 4.69) is 104 Å². The molecule has 0 radical (unpaired) electrons. The molecular weight excluding hydrogens is 376 g/mol. The minimum absolute atomic E-state index is 0. The van der Waals surface area contributed by atoms with E-state index in [1.807, 2.05) is 12.1 Å². The lowest BCUT2D eigenvalue weighted by molar-refractivity contribution is 0.300. The summed E-state index contributed by atoms with van der Waals surface area (Å²) in [6.07, 6.45) is 3.06. The number of hydrogen-bond donors (Lipinski definition) is 0. The van der Waals surface area contributed by atoms with Crippen molar-refractivity contribution >= 4 is 0 Å². The van der Waals surface area contributed by atoms with Crippen molar-refractivity contribution in [3.05, 3.63) is 108 Å². The van der Waals surface area contributed by atoms with Crippen LogP contribution in [-0.2, 0) is 12.0 Å². The highest BCUT2D eigenvalue weighted by molar-refractivity contribution is 5.46. The van der Waals surface area contributed by atoms with Crippen LogP contribution >= 0.6 is 0 Å². The average Bonchev–Trinajstić information content (AvgIpc) is 3.46. The zero-order valence-electron chi connectivity index (χ0n) is 18.7. The maximum Gasteiger partial charge on any atom is 0.107 e. The molecule has 160 valence electrons. The van der Waals surface area contributed by atoms with Crippen molar-refractivity contribution in [2.75, 3.05) is 6.54 Å². The highest BCUT2D eigenvalue weighted by atomic mass is 15.3. The molecular formula is C29H34N2. The van der Waals surface area contributed by atoms with Crippen LogP contribution in [0.4, 0.5) is 0 Å². The second-order valence-corrected chi connectivity index (χ2v) is 9.27. The number of benzene rings is 3. The van der Waals surface area contributed by atoms with Crippen molar-refractivity contribution < 1.29 is 1.43 Å². The van der Waals surface area contributed by atoms with E-state index in [-0.39, 0.29) is 6.97 Å². The third kappa shape index (κ3) is 4.58. The molecule has 3 unspecified atom stereocenters. The van der Waals surface area contributed by atoms with Crippen molar-refractivity contribution in [2.45, 2.75) is 50.6 Å². The molecule has 1 fully saturated rings. The minimum atomic E-state index is -0.612. The molecule has 1 aliphatic heterocycles. The van der Waals surface area contributed by atoms with Gasteiger partial charge in [0.2, 0.25) is 0 Å². The molecule has 31 heavy (non-hydrogen) atoms. The van der Waals surface area contributed by atoms with E-state index in [1.165, 1.54) is 5.56 Å². The summed E-state index contributed by atoms with van der Waals surface area (Å²) < 4.78 is 0. The van der Waals surface area contributed by atoms with Crippen molar-refractivity contribution in [3.8, 4) is 6.07 Å². The third-order valence-electron chi connectivity index (χ3n) is 7.03. The first-order valence-electron chi connectivity index (χ1n) is 11.4. The molecule has 1 heterocycles. The topological polar surface area (TPSA) is 26.8 Å². The van der Waals surface area contributed by atoms with E-state index >= 15 is 0 Å². The molecule has 0 bridgehead atoms. The molecule has 0 saturated carbocycles. The third-order valence-corrected chi connectivity index (χ3v) is 7.03. The van der Waals surface area contributed by atoms with Crippen molar-refractivity contribution in [1.29, 1.82) is 5.26 Å². The fourth-order valence-corrected chi connectivity index (χ4v) is 5.06. The minimum Gasteiger partial charge on any atom is -0.291 e. The lowest BCUT2D eigenvalue weighted by atomic mass is 9.68. The van der Waals surface area contributed by atoms with Crippen LogP contribution in [0.25, 0.3) is 0 Å². The predicted octanol–water partition coefficient (Wildman–Crippen LogP) is 6.82. The first kappa shape index (κ1) is 21.3. The molecule has 3 aromatic carbocycles. The van der Waals surface area contributed by atoms with Crippen LogP contribution in [0.3, 0.4) is 0 Å². The fourth-order valence-electron chi connectivity index (χ4n) is 5.06. The van der Waals surface area contributed by atoms with Crippen LogP contribution in [0.15, 0.2) is 91.0 Å². The molecule has 2 heteroatoms. The zero-order chi connectivity index (χ0) is 21.7. The van der Waals surface area contributed by atoms with Crippen LogP contribution in [-0.4, -0.2) is 17.0 Å². The van der Waals surface area contributed by atoms with E-state index in [9.17, 15) is 5.26 Å². The number of nitriles is 1. The number of rotatable bonds is 9. The summed E-state index contributed by atoms with van der Waals surface area (Å²) in [5.74, 6) is 0.478. The lowest BCUT2D eigenvalue weighted by Gasteiger charge is -2.33. The number of hydrogen-bond acceptors (Lipinski definition) is 2. The van der Waals surface area contributed by atoms with E-state index in [1.54, 1.807) is 0 Å². The molecule has 4 rings (SSSR count). The Labute approximate surface area is 188 Å². The predicted molar refractivity (Wildman–Crippen MR) is 130 cm³/mol. The highest BCUT2D eigenvalue weighted by Gasteiger charge is 2.49. The monoisotopic (exact) mass is 410 g/mol. The smallest absolute Gasteiger partial charge is 0.107 e. The molecule has 2 nitrogen and oxygen atoms in total. The summed E-state index contributed by atoms with van der Waals surface area (Å²) in [6, 6.07) is 34.2. The summed E-state index contributed by atoms with van der Waals surface area (Å²) in [5.41, 5.74) is 3.19. The second-order valence-electron chi connectivity index (χ2n) is 9.27. The fraction of sp³-hybridized carbons (Fsp3) is 0.345. The van der Waals surface area contributed by atoms with Crippen LogP contribution < -0.4 is 0 Å². The molecule has 1 aliphatic rings. The molecule has 1 saturated heterocycles. The molecule has 0 spiro atoms. The SMILES string of the molecule is CCC(CC(C#N)(c1ccccc1)c1ccccc1)CC1(C)CN1Cc1ccccc1.[HH]. The van der Waals surface area contributed by atoms with Crippen LogP contribution in [0.5, 0.6) is 0 Å². The van der Waals surface area contributed by atoms with Gasteiger partial charge >= 0.3 is 0 Å². The maximum atomic E-state index is 10.5. The van der Waals surface area contributed by atoms with Crippen LogP contribution in [0.2, 0.25) is 0 Å². The Bertz CT molecular complexity index is 974. The number of nitrogens with zero attached hydrogens (tertiary/aromatic N) is 2. The Morgan fingerprint density at radius 2 is 1.45 bits per heavy atom. The molecule has 0 amide bonds. The summed E-state index contributed by atoms with van der Waals surface area (Å²) in [4.78, 5) is 2.57. The maximum absolute atomic E-state index is 10.5. The van der Waals surface area contributed by atoms with Gasteiger partial charge in [-0.15, -0.1) is 0 Å². The summed E-state index contributed by atoms with van der Waals surface area (Å²) in [5, 5.41) is 10.5. The Balaban J connectivity index is 0.00000289. The quantitative estimate of drug-likeness (QED) is 0.362. The largest absolute Gasteiger partial charge is 0.291 e. The van der Waals surface area contributed by atoms with Gasteiger partial charge in [0.05, 0.1) is 6.07 Å². The first-order chi connectivity index (χ1) is 15.1. The Hall–Kier alpha value is -2.89. The van der Waals surface area contributed by atoms with Gasteiger partial charge in [-0.05, 0) is 42.4 Å². The average molecular weight is 411 g/mol. The van der Waals surface area contributed by atoms with Crippen molar-refractivity contribution in [2.24, 2.45) is 5.92 Å². The molecule has 0 N–H and O–H groups in total. The lowest BCUT2D eigenvalue weighted by Crippen LogP contribution is -2.31. The van der Waals surface area contributed by atoms with Gasteiger partial charge in [0.25, 0.3) is 0 Å². The standard InChI is InChI=1S/C29H32N2.H2/c1-3-24(19-28(2)23-31(28)21-25-13-7-4-8-14-25)20-29(22-30,26-15-9-5-10-16-26)27-17-11-6-12-18-27;/h4-18,24H,3,19-21,23H2,1-2H3;1H. The Morgan fingerprint density at radius 1 is 0.935 bits per heavy atom. The van der Waals surface area contributed by atoms with Gasteiger partial charge in [-0.3, -0.25) is 4.90 Å². The molecule has 3 aromatic rings. The summed E-state index contributed by atoms with van der Waals surface area (Å²) >= 11 is 0. The Kier molecular flexibility index (Phi) is 6.25. The second kappa shape index (κ2) is 9.08. The van der Waals surface area contributed by atoms with Crippen molar-refractivity contribution in [1.82, 2.24) is 4.90 Å². The molecule has 0 aromatic heterocycles. The molecule has 0 aliphatic carbocycles. The Morgan fingerprint density at radius 3 is 1.94 bits per heavy atom. The van der Waals surface area contributed by atoms with Gasteiger partial charge in [0.1, 0.15) is 5.41 Å². The van der Waals surface area contributed by atoms with Crippen molar-refractivity contribution in [3.63, 3.8) is 0 Å². The van der Waals surface area contributed by atoms with E-state index < -0.39 is 5.41 Å².